The molecule has 4 aromatic carbocycles. The molecular formula is C27H23O2P. The van der Waals surface area contributed by atoms with Gasteiger partial charge in [-0.25, -0.2) is 0 Å². The van der Waals surface area contributed by atoms with Gasteiger partial charge in [-0.05, 0) is 40.0 Å². The predicted molar refractivity (Wildman–Crippen MR) is 126 cm³/mol. The lowest BCUT2D eigenvalue weighted by Crippen LogP contribution is -2.11. The first-order valence-electron chi connectivity index (χ1n) is 9.97. The summed E-state index contributed by atoms with van der Waals surface area (Å²) in [5, 5.41) is 12.9. The van der Waals surface area contributed by atoms with E-state index in [0.717, 1.165) is 40.0 Å². The van der Waals surface area contributed by atoms with E-state index < -0.39 is 0 Å². The first-order chi connectivity index (χ1) is 14.7. The summed E-state index contributed by atoms with van der Waals surface area (Å²) in [5.74, 6) is 0.328. The van der Waals surface area contributed by atoms with Crippen molar-refractivity contribution in [2.75, 3.05) is 0 Å². The van der Waals surface area contributed by atoms with Crippen LogP contribution in [0.3, 0.4) is 0 Å². The smallest absolute Gasteiger partial charge is 0.150 e. The van der Waals surface area contributed by atoms with Crippen LogP contribution in [0.4, 0.5) is 0 Å². The third kappa shape index (κ3) is 4.84. The van der Waals surface area contributed by atoms with Gasteiger partial charge in [-0.2, -0.15) is 0 Å². The number of hydrogen-bond donors (Lipinski definition) is 1. The lowest BCUT2D eigenvalue weighted by Gasteiger charge is -2.15. The number of carbonyl (C=O) groups excluding carboxylic acids is 1. The Labute approximate surface area is 179 Å². The normalized spacial score (nSPS) is 11.1. The van der Waals surface area contributed by atoms with Crippen molar-refractivity contribution in [3.05, 3.63) is 125 Å². The standard InChI is InChI=1S/C27H23O2P/c28-19-23-13-7-8-14-25(23)30-26-18-22(15-20-9-3-1-4-10-20)17-24(27(26)29)16-21-11-5-2-6-12-21/h1-14,17-19,29-30H,15-16H2. The quantitative estimate of drug-likeness (QED) is 0.343. The Hall–Kier alpha value is -3.22. The van der Waals surface area contributed by atoms with Crippen LogP contribution in [0, 0.1) is 0 Å². The van der Waals surface area contributed by atoms with Crippen LogP contribution in [0.2, 0.25) is 0 Å². The van der Waals surface area contributed by atoms with Gasteiger partial charge in [0.05, 0.1) is 0 Å². The minimum atomic E-state index is 0.214. The van der Waals surface area contributed by atoms with Crippen LogP contribution < -0.4 is 10.6 Å². The molecule has 0 saturated heterocycles. The number of phenolic OH excluding ortho intramolecular Hbond substituents is 1. The molecular weight excluding hydrogens is 387 g/mol. The van der Waals surface area contributed by atoms with Gasteiger partial charge >= 0.3 is 0 Å². The highest BCUT2D eigenvalue weighted by atomic mass is 31.1. The van der Waals surface area contributed by atoms with Crippen LogP contribution in [0.5, 0.6) is 5.75 Å². The average Bonchev–Trinajstić information content (AvgIpc) is 2.78. The predicted octanol–water partition coefficient (Wildman–Crippen LogP) is 5.02. The molecule has 1 N–H and O–H groups in total. The number of hydrogen-bond acceptors (Lipinski definition) is 2. The van der Waals surface area contributed by atoms with E-state index in [2.05, 4.69) is 36.4 Å². The fraction of sp³-hybridized carbons (Fsp3) is 0.0741. The summed E-state index contributed by atoms with van der Waals surface area (Å²) in [5.41, 5.74) is 5.15. The minimum Gasteiger partial charge on any atom is -0.507 e. The zero-order valence-electron chi connectivity index (χ0n) is 16.6. The Morgan fingerprint density at radius 1 is 0.667 bits per heavy atom. The lowest BCUT2D eigenvalue weighted by molar-refractivity contribution is 0.112. The van der Waals surface area contributed by atoms with Crippen LogP contribution in [0.1, 0.15) is 32.6 Å². The molecule has 0 heterocycles. The van der Waals surface area contributed by atoms with Gasteiger partial charge < -0.3 is 5.11 Å². The maximum atomic E-state index is 11.5. The van der Waals surface area contributed by atoms with Crippen LogP contribution in [-0.4, -0.2) is 11.4 Å². The van der Waals surface area contributed by atoms with Gasteiger partial charge in [-0.15, -0.1) is 0 Å². The molecule has 0 saturated carbocycles. The van der Waals surface area contributed by atoms with E-state index in [9.17, 15) is 9.90 Å². The zero-order valence-corrected chi connectivity index (χ0v) is 17.6. The number of aldehydes is 1. The highest BCUT2D eigenvalue weighted by molar-refractivity contribution is 7.56. The highest BCUT2D eigenvalue weighted by Crippen LogP contribution is 2.28. The number of carbonyl (C=O) groups is 1. The molecule has 2 nitrogen and oxygen atoms in total. The molecule has 4 aromatic rings. The van der Waals surface area contributed by atoms with Crippen molar-refractivity contribution in [1.29, 1.82) is 0 Å². The Morgan fingerprint density at radius 2 is 1.27 bits per heavy atom. The maximum absolute atomic E-state index is 11.5. The second kappa shape index (κ2) is 9.52. The van der Waals surface area contributed by atoms with E-state index in [1.165, 1.54) is 5.56 Å². The molecule has 1 unspecified atom stereocenters. The second-order valence-corrected chi connectivity index (χ2v) is 8.63. The van der Waals surface area contributed by atoms with Crippen molar-refractivity contribution in [3.63, 3.8) is 0 Å². The van der Waals surface area contributed by atoms with Crippen LogP contribution >= 0.6 is 8.58 Å². The number of phenols is 1. The largest absolute Gasteiger partial charge is 0.507 e. The first kappa shape index (κ1) is 20.1. The molecule has 30 heavy (non-hydrogen) atoms. The summed E-state index contributed by atoms with van der Waals surface area (Å²) in [6.45, 7) is 0. The zero-order chi connectivity index (χ0) is 20.8. The third-order valence-corrected chi connectivity index (χ3v) is 6.47. The van der Waals surface area contributed by atoms with Crippen molar-refractivity contribution in [2.24, 2.45) is 0 Å². The van der Waals surface area contributed by atoms with E-state index >= 15 is 0 Å². The Balaban J connectivity index is 1.74. The molecule has 3 heteroatoms. The molecule has 4 rings (SSSR count). The van der Waals surface area contributed by atoms with Gasteiger partial charge in [0.1, 0.15) is 5.75 Å². The number of benzene rings is 4. The Morgan fingerprint density at radius 3 is 1.93 bits per heavy atom. The first-order valence-corrected chi connectivity index (χ1v) is 11.0. The van der Waals surface area contributed by atoms with Gasteiger partial charge in [0.15, 0.2) is 6.29 Å². The van der Waals surface area contributed by atoms with Crippen LogP contribution in [0.25, 0.3) is 0 Å². The van der Waals surface area contributed by atoms with Gasteiger partial charge in [-0.3, -0.25) is 4.79 Å². The molecule has 0 aromatic heterocycles. The summed E-state index contributed by atoms with van der Waals surface area (Å²) >= 11 is 0. The maximum Gasteiger partial charge on any atom is 0.150 e. The van der Waals surface area contributed by atoms with Crippen molar-refractivity contribution in [3.8, 4) is 5.75 Å². The molecule has 1 atom stereocenters. The van der Waals surface area contributed by atoms with Crippen molar-refractivity contribution < 1.29 is 9.90 Å². The summed E-state index contributed by atoms with van der Waals surface area (Å²) in [7, 11) is 0.214. The van der Waals surface area contributed by atoms with E-state index in [1.807, 2.05) is 60.7 Å². The lowest BCUT2D eigenvalue weighted by atomic mass is 9.98. The van der Waals surface area contributed by atoms with Gasteiger partial charge in [0.2, 0.25) is 0 Å². The van der Waals surface area contributed by atoms with E-state index in [0.29, 0.717) is 17.7 Å². The molecule has 0 amide bonds. The molecule has 0 radical (unpaired) electrons. The SMILES string of the molecule is O=Cc1ccccc1Pc1cc(Cc2ccccc2)cc(Cc2ccccc2)c1O. The summed E-state index contributed by atoms with van der Waals surface area (Å²) in [4.78, 5) is 11.5. The molecule has 0 aliphatic carbocycles. The number of rotatable bonds is 7. The Kier molecular flexibility index (Phi) is 6.37. The molecule has 0 bridgehead atoms. The van der Waals surface area contributed by atoms with Crippen molar-refractivity contribution in [2.45, 2.75) is 12.8 Å². The van der Waals surface area contributed by atoms with E-state index in [1.54, 1.807) is 0 Å². The molecule has 0 spiro atoms. The molecule has 0 aliphatic rings. The molecule has 148 valence electrons. The average molecular weight is 410 g/mol. The monoisotopic (exact) mass is 410 g/mol. The van der Waals surface area contributed by atoms with Gasteiger partial charge in [0, 0.05) is 17.3 Å². The molecule has 0 aliphatic heterocycles. The topological polar surface area (TPSA) is 37.3 Å². The minimum absolute atomic E-state index is 0.214. The number of aromatic hydroxyl groups is 1. The summed E-state index contributed by atoms with van der Waals surface area (Å²) in [6.07, 6.45) is 2.36. The third-order valence-electron chi connectivity index (χ3n) is 5.09. The van der Waals surface area contributed by atoms with E-state index in [4.69, 9.17) is 0 Å². The second-order valence-electron chi connectivity index (χ2n) is 7.31. The van der Waals surface area contributed by atoms with Gasteiger partial charge in [-0.1, -0.05) is 99.6 Å². The molecule has 0 fully saturated rings. The van der Waals surface area contributed by atoms with Crippen molar-refractivity contribution >= 4 is 25.5 Å². The Bertz CT molecular complexity index is 1140. The van der Waals surface area contributed by atoms with E-state index in [-0.39, 0.29) is 8.58 Å². The summed E-state index contributed by atoms with van der Waals surface area (Å²) < 4.78 is 0. The van der Waals surface area contributed by atoms with Crippen molar-refractivity contribution in [1.82, 2.24) is 0 Å². The fourth-order valence-corrected chi connectivity index (χ4v) is 4.89. The highest BCUT2D eigenvalue weighted by Gasteiger charge is 2.13. The fourth-order valence-electron chi connectivity index (χ4n) is 3.60. The summed E-state index contributed by atoms with van der Waals surface area (Å²) in [6, 6.07) is 32.3. The van der Waals surface area contributed by atoms with Crippen LogP contribution in [0.15, 0.2) is 97.1 Å². The van der Waals surface area contributed by atoms with Crippen LogP contribution in [-0.2, 0) is 12.8 Å². The van der Waals surface area contributed by atoms with Gasteiger partial charge in [0.25, 0.3) is 0 Å².